The number of Topliss-reactive ketones (excluding diaryl/α,β-unsaturated/α-hetero) is 1. The van der Waals surface area contributed by atoms with E-state index in [9.17, 15) is 39.2 Å². The van der Waals surface area contributed by atoms with Crippen LogP contribution < -0.4 is 5.32 Å². The third-order valence-corrected chi connectivity index (χ3v) is 7.08. The highest BCUT2D eigenvalue weighted by atomic mass is 16.6. The number of carboxylic acid groups (broad SMARTS) is 1. The van der Waals surface area contributed by atoms with E-state index in [1.54, 1.807) is 74.5 Å². The number of nitro benzene ring substituents is 1. The number of amides is 3. The highest BCUT2D eigenvalue weighted by molar-refractivity contribution is 6.35. The molecule has 4 rings (SSSR count). The zero-order valence-corrected chi connectivity index (χ0v) is 24.0. The van der Waals surface area contributed by atoms with E-state index in [1.807, 2.05) is 0 Å². The number of non-ortho nitro benzene ring substituents is 1. The molecule has 3 aromatic rings. The van der Waals surface area contributed by atoms with E-state index >= 15 is 0 Å². The van der Waals surface area contributed by atoms with Crippen molar-refractivity contribution in [1.29, 1.82) is 0 Å². The molecule has 226 valence electrons. The summed E-state index contributed by atoms with van der Waals surface area (Å²) in [5.41, 5.74) is 1.30. The lowest BCUT2D eigenvalue weighted by Crippen LogP contribution is -2.57. The Labute approximate surface area is 252 Å². The molecule has 12 nitrogen and oxygen atoms in total. The van der Waals surface area contributed by atoms with E-state index in [4.69, 9.17) is 0 Å². The van der Waals surface area contributed by atoms with E-state index < -0.39 is 58.9 Å². The van der Waals surface area contributed by atoms with Gasteiger partial charge in [-0.1, -0.05) is 74.5 Å². The van der Waals surface area contributed by atoms with Gasteiger partial charge in [0.15, 0.2) is 0 Å². The molecule has 0 saturated carbocycles. The Kier molecular flexibility index (Phi) is 9.64. The SMILES string of the molecule is CC(C)C1C(=O)N(CC(=O)N[C@@H](Cc2ccccc2)C(=O)C(=O)O)C(c2ccccc2)=CN1C(=O)c1ccc([N+](=O)[O-])cc1. The number of carbonyl (C=O) groups excluding carboxylic acids is 4. The Morgan fingerprint density at radius 3 is 2.07 bits per heavy atom. The first-order chi connectivity index (χ1) is 21.0. The number of aliphatic carboxylic acids is 1. The molecule has 3 amide bonds. The van der Waals surface area contributed by atoms with Crippen molar-refractivity contribution in [2.45, 2.75) is 32.4 Å². The molecule has 2 N–H and O–H groups in total. The molecule has 0 aromatic heterocycles. The molecular weight excluding hydrogens is 568 g/mol. The lowest BCUT2D eigenvalue weighted by Gasteiger charge is -2.41. The predicted molar refractivity (Wildman–Crippen MR) is 159 cm³/mol. The Morgan fingerprint density at radius 2 is 1.52 bits per heavy atom. The van der Waals surface area contributed by atoms with Crippen LogP contribution in [0, 0.1) is 16.0 Å². The van der Waals surface area contributed by atoms with Gasteiger partial charge in [-0.15, -0.1) is 0 Å². The minimum atomic E-state index is -1.70. The van der Waals surface area contributed by atoms with Gasteiger partial charge in [0.25, 0.3) is 23.3 Å². The van der Waals surface area contributed by atoms with Crippen LogP contribution in [0.15, 0.2) is 91.1 Å². The van der Waals surface area contributed by atoms with Crippen molar-refractivity contribution in [3.63, 3.8) is 0 Å². The zero-order chi connectivity index (χ0) is 32.0. The van der Waals surface area contributed by atoms with Gasteiger partial charge in [0, 0.05) is 30.3 Å². The summed E-state index contributed by atoms with van der Waals surface area (Å²) < 4.78 is 0. The van der Waals surface area contributed by atoms with Crippen molar-refractivity contribution in [3.8, 4) is 0 Å². The number of nitrogens with one attached hydrogen (secondary N) is 1. The van der Waals surface area contributed by atoms with E-state index in [0.29, 0.717) is 11.1 Å². The molecule has 0 aliphatic carbocycles. The maximum Gasteiger partial charge on any atom is 0.374 e. The molecule has 0 bridgehead atoms. The minimum Gasteiger partial charge on any atom is -0.475 e. The predicted octanol–water partition coefficient (Wildman–Crippen LogP) is 3.28. The molecule has 0 spiro atoms. The Hall–Kier alpha value is -5.65. The maximum atomic E-state index is 14.1. The van der Waals surface area contributed by atoms with Crippen LogP contribution in [0.4, 0.5) is 5.69 Å². The van der Waals surface area contributed by atoms with E-state index in [-0.39, 0.29) is 23.4 Å². The first kappa shape index (κ1) is 31.3. The standard InChI is InChI=1S/C32H30N4O8/c1-20(2)28-31(40)34(19-27(37)33-25(29(38)32(41)42)17-21-9-5-3-6-10-21)26(22-11-7-4-8-12-22)18-35(28)30(39)23-13-15-24(16-14-23)36(43)44/h3-16,18,20,25,28H,17,19H2,1-2H3,(H,33,37)(H,41,42)/t25-,28?/m0/s1. The summed E-state index contributed by atoms with van der Waals surface area (Å²) in [5.74, 6) is -5.23. The van der Waals surface area contributed by atoms with Gasteiger partial charge in [-0.25, -0.2) is 4.79 Å². The van der Waals surface area contributed by atoms with Gasteiger partial charge >= 0.3 is 5.97 Å². The maximum absolute atomic E-state index is 14.1. The number of benzene rings is 3. The molecule has 1 heterocycles. The lowest BCUT2D eigenvalue weighted by molar-refractivity contribution is -0.384. The smallest absolute Gasteiger partial charge is 0.374 e. The van der Waals surface area contributed by atoms with Crippen LogP contribution >= 0.6 is 0 Å². The Morgan fingerprint density at radius 1 is 0.932 bits per heavy atom. The molecule has 12 heteroatoms. The van der Waals surface area contributed by atoms with Crippen molar-refractivity contribution in [3.05, 3.63) is 118 Å². The molecule has 3 aromatic carbocycles. The van der Waals surface area contributed by atoms with Gasteiger partial charge in [-0.05, 0) is 29.2 Å². The summed E-state index contributed by atoms with van der Waals surface area (Å²) in [4.78, 5) is 78.1. The van der Waals surface area contributed by atoms with E-state index in [2.05, 4.69) is 5.32 Å². The topological polar surface area (TPSA) is 167 Å². The van der Waals surface area contributed by atoms with Gasteiger partial charge in [0.1, 0.15) is 18.6 Å². The summed E-state index contributed by atoms with van der Waals surface area (Å²) in [6.07, 6.45) is 1.39. The normalized spacial score (nSPS) is 15.4. The van der Waals surface area contributed by atoms with Gasteiger partial charge in [-0.2, -0.15) is 0 Å². The fraction of sp³-hybridized carbons (Fsp3) is 0.219. The third-order valence-electron chi connectivity index (χ3n) is 7.08. The molecule has 0 radical (unpaired) electrons. The van der Waals surface area contributed by atoms with Crippen LogP contribution in [0.25, 0.3) is 5.70 Å². The van der Waals surface area contributed by atoms with Crippen LogP contribution in [-0.2, 0) is 25.6 Å². The number of rotatable bonds is 11. The second-order valence-electron chi connectivity index (χ2n) is 10.5. The molecule has 2 atom stereocenters. The van der Waals surface area contributed by atoms with Gasteiger partial charge in [0.2, 0.25) is 5.91 Å². The van der Waals surface area contributed by atoms with Crippen molar-refractivity contribution < 1.29 is 34.0 Å². The number of hydrogen-bond donors (Lipinski definition) is 2. The first-order valence-electron chi connectivity index (χ1n) is 13.7. The van der Waals surface area contributed by atoms with Gasteiger partial charge in [0.05, 0.1) is 10.6 Å². The van der Waals surface area contributed by atoms with Crippen molar-refractivity contribution in [2.24, 2.45) is 5.92 Å². The number of nitro groups is 1. The molecule has 1 aliphatic rings. The number of nitrogens with zero attached hydrogens (tertiary/aromatic N) is 3. The van der Waals surface area contributed by atoms with Crippen LogP contribution in [0.1, 0.15) is 35.3 Å². The van der Waals surface area contributed by atoms with Crippen LogP contribution in [0.3, 0.4) is 0 Å². The largest absolute Gasteiger partial charge is 0.475 e. The van der Waals surface area contributed by atoms with E-state index in [0.717, 1.165) is 0 Å². The van der Waals surface area contributed by atoms with Crippen molar-refractivity contribution >= 4 is 40.9 Å². The average molecular weight is 599 g/mol. The molecule has 1 aliphatic heterocycles. The highest BCUT2D eigenvalue weighted by Crippen LogP contribution is 2.31. The number of hydrogen-bond acceptors (Lipinski definition) is 7. The second-order valence-corrected chi connectivity index (χ2v) is 10.5. The van der Waals surface area contributed by atoms with Gasteiger partial charge in [-0.3, -0.25) is 34.2 Å². The monoisotopic (exact) mass is 598 g/mol. The number of carboxylic acids is 1. The van der Waals surface area contributed by atoms with Gasteiger partial charge < -0.3 is 15.3 Å². The zero-order valence-electron chi connectivity index (χ0n) is 24.0. The van der Waals surface area contributed by atoms with Crippen molar-refractivity contribution in [1.82, 2.24) is 15.1 Å². The molecule has 1 unspecified atom stereocenters. The van der Waals surface area contributed by atoms with Crippen LogP contribution in [-0.4, -0.2) is 67.9 Å². The summed E-state index contributed by atoms with van der Waals surface area (Å²) in [6, 6.07) is 19.8. The molecule has 44 heavy (non-hydrogen) atoms. The fourth-order valence-corrected chi connectivity index (χ4v) is 4.94. The summed E-state index contributed by atoms with van der Waals surface area (Å²) in [6.45, 7) is 2.92. The lowest BCUT2D eigenvalue weighted by atomic mass is 9.96. The first-order valence-corrected chi connectivity index (χ1v) is 13.7. The quantitative estimate of drug-likeness (QED) is 0.193. The fourth-order valence-electron chi connectivity index (χ4n) is 4.94. The molecular formula is C32H30N4O8. The summed E-state index contributed by atoms with van der Waals surface area (Å²) in [7, 11) is 0. The summed E-state index contributed by atoms with van der Waals surface area (Å²) >= 11 is 0. The summed E-state index contributed by atoms with van der Waals surface area (Å²) in [5, 5.41) is 22.9. The molecule has 0 fully saturated rings. The highest BCUT2D eigenvalue weighted by Gasteiger charge is 2.41. The minimum absolute atomic E-state index is 0.0703. The average Bonchev–Trinajstić information content (AvgIpc) is 3.01. The van der Waals surface area contributed by atoms with Crippen LogP contribution in [0.2, 0.25) is 0 Å². The van der Waals surface area contributed by atoms with E-state index in [1.165, 1.54) is 40.3 Å². The molecule has 0 saturated heterocycles. The van der Waals surface area contributed by atoms with Crippen LogP contribution in [0.5, 0.6) is 0 Å². The Balaban J connectivity index is 1.69. The Bertz CT molecular complexity index is 1600. The number of carbonyl (C=O) groups is 5. The number of ketones is 1. The third kappa shape index (κ3) is 7.04. The second kappa shape index (κ2) is 13.6. The van der Waals surface area contributed by atoms with Crippen molar-refractivity contribution in [2.75, 3.05) is 6.54 Å².